The van der Waals surface area contributed by atoms with Crippen molar-refractivity contribution in [3.8, 4) is 12.3 Å². The zero-order valence-electron chi connectivity index (χ0n) is 4.33. The van der Waals surface area contributed by atoms with E-state index >= 15 is 0 Å². The third-order valence-electron chi connectivity index (χ3n) is 0.239. The molecule has 48 valence electrons. The maximum Gasteiger partial charge on any atom is 0.0967 e. The van der Waals surface area contributed by atoms with Gasteiger partial charge in [0.05, 0.1) is 5.34 Å². The van der Waals surface area contributed by atoms with Crippen LogP contribution in [0.3, 0.4) is 0 Å². The van der Waals surface area contributed by atoms with Gasteiger partial charge in [-0.2, -0.15) is 0 Å². The highest BCUT2D eigenvalue weighted by molar-refractivity contribution is 6.40. The minimum Gasteiger partial charge on any atom is -0.126 e. The van der Waals surface area contributed by atoms with Gasteiger partial charge in [-0.25, -0.2) is 0 Å². The Hall–Kier alpha value is 0.430. The van der Waals surface area contributed by atoms with Crippen molar-refractivity contribution in [1.82, 2.24) is 0 Å². The minimum absolute atomic E-state index is 0.194. The van der Waals surface area contributed by atoms with Crippen molar-refractivity contribution in [2.75, 3.05) is 11.2 Å². The van der Waals surface area contributed by atoms with Gasteiger partial charge in [-0.1, -0.05) is 0 Å². The molecule has 0 aromatic heterocycles. The topological polar surface area (TPSA) is 0 Å². The summed E-state index contributed by atoms with van der Waals surface area (Å²) in [5.74, 6) is 2.97. The monoisotopic (exact) mass is 172 g/mol. The number of hydrogen-bond acceptors (Lipinski definition) is 0. The van der Waals surface area contributed by atoms with E-state index in [0.717, 1.165) is 0 Å². The zero-order chi connectivity index (χ0) is 6.83. The predicted molar refractivity (Wildman–Crippen MR) is 40.7 cm³/mol. The van der Waals surface area contributed by atoms with Crippen LogP contribution >= 0.6 is 34.8 Å². The molecule has 0 aromatic rings. The van der Waals surface area contributed by atoms with Gasteiger partial charge in [0.25, 0.3) is 0 Å². The van der Waals surface area contributed by atoms with Crippen LogP contribution in [0.4, 0.5) is 0 Å². The smallest absolute Gasteiger partial charge is 0.0967 e. The molecule has 0 aliphatic carbocycles. The van der Waals surface area contributed by atoms with Gasteiger partial charge in [-0.05, 0) is 0 Å². The molecule has 0 N–H and O–H groups in total. The first kappa shape index (κ1) is 11.3. The molecule has 0 fully saturated rings. The number of hydrogen-bond donors (Lipinski definition) is 0. The third-order valence-corrected chi connectivity index (χ3v) is 0.428. The van der Waals surface area contributed by atoms with Gasteiger partial charge in [0, 0.05) is 12.3 Å². The predicted octanol–water partition coefficient (Wildman–Crippen LogP) is 2.67. The van der Waals surface area contributed by atoms with Crippen molar-refractivity contribution in [2.45, 2.75) is 6.42 Å². The molecular weight excluding hydrogens is 166 g/mol. The quantitative estimate of drug-likeness (QED) is 0.422. The first-order valence-electron chi connectivity index (χ1n) is 1.94. The lowest BCUT2D eigenvalue weighted by molar-refractivity contribution is 1.29. The van der Waals surface area contributed by atoms with Crippen LogP contribution in [0, 0.1) is 12.3 Å². The molecule has 0 heterocycles. The summed E-state index contributed by atoms with van der Waals surface area (Å²) in [5, 5.41) is 0.194. The molecule has 0 radical (unpaired) electrons. The summed E-state index contributed by atoms with van der Waals surface area (Å²) in [7, 11) is 0. The Labute approximate surface area is 65.1 Å². The molecule has 0 nitrogen and oxygen atoms in total. The first-order valence-corrected chi connectivity index (χ1v) is 3.55. The summed E-state index contributed by atoms with van der Waals surface area (Å²) >= 11 is 14.7. The molecule has 0 saturated carbocycles. The Morgan fingerprint density at radius 3 is 1.62 bits per heavy atom. The van der Waals surface area contributed by atoms with E-state index in [9.17, 15) is 0 Å². The van der Waals surface area contributed by atoms with E-state index in [2.05, 4.69) is 5.92 Å². The van der Waals surface area contributed by atoms with E-state index < -0.39 is 0 Å². The Balaban J connectivity index is 0. The molecule has 0 aromatic carbocycles. The summed E-state index contributed by atoms with van der Waals surface area (Å²) in [6.45, 7) is 0. The lowest BCUT2D eigenvalue weighted by Gasteiger charge is -1.67. The molecule has 8 heavy (non-hydrogen) atoms. The lowest BCUT2D eigenvalue weighted by atomic mass is 10.5. The minimum atomic E-state index is 0.194. The van der Waals surface area contributed by atoms with Crippen LogP contribution in [0.5, 0.6) is 0 Å². The molecule has 0 atom stereocenters. The van der Waals surface area contributed by atoms with E-state index in [1.807, 2.05) is 0 Å². The van der Waals surface area contributed by atoms with Crippen LogP contribution in [0.1, 0.15) is 6.42 Å². The van der Waals surface area contributed by atoms with Gasteiger partial charge in [0.1, 0.15) is 0 Å². The highest BCUT2D eigenvalue weighted by atomic mass is 35.5. The van der Waals surface area contributed by atoms with Gasteiger partial charge in [-0.3, -0.25) is 0 Å². The first-order chi connectivity index (χ1) is 3.83. The Bertz CT molecular complexity index is 55.2. The van der Waals surface area contributed by atoms with Crippen LogP contribution in [-0.4, -0.2) is 11.2 Å². The van der Waals surface area contributed by atoms with Crippen LogP contribution in [0.2, 0.25) is 0 Å². The van der Waals surface area contributed by atoms with E-state index in [0.29, 0.717) is 12.3 Å². The number of rotatable bonds is 1. The van der Waals surface area contributed by atoms with Crippen LogP contribution < -0.4 is 0 Å². The van der Waals surface area contributed by atoms with E-state index in [1.165, 1.54) is 0 Å². The molecule has 0 rings (SSSR count). The standard InChI is InChI=1S/C4H5Cl.CH2Cl2/c1-2-3-4-5;2-1-3/h1H,3-4H2;1H2. The van der Waals surface area contributed by atoms with Gasteiger partial charge in [-0.15, -0.1) is 47.1 Å². The van der Waals surface area contributed by atoms with E-state index in [4.69, 9.17) is 41.2 Å². The second-order valence-corrected chi connectivity index (χ2v) is 1.93. The molecule has 3 heteroatoms. The molecular formula is C5H7Cl3. The van der Waals surface area contributed by atoms with Crippen LogP contribution in [0.25, 0.3) is 0 Å². The van der Waals surface area contributed by atoms with Crippen LogP contribution in [0.15, 0.2) is 0 Å². The third kappa shape index (κ3) is 32.1. The fourth-order valence-corrected chi connectivity index (χ4v) is 0.164. The summed E-state index contributed by atoms with van der Waals surface area (Å²) in [5.41, 5.74) is 0. The van der Waals surface area contributed by atoms with Crippen LogP contribution in [-0.2, 0) is 0 Å². The number of terminal acetylenes is 1. The Morgan fingerprint density at radius 1 is 1.25 bits per heavy atom. The van der Waals surface area contributed by atoms with E-state index in [1.54, 1.807) is 0 Å². The Kier molecular flexibility index (Phi) is 22.0. The fraction of sp³-hybridized carbons (Fsp3) is 0.600. The SMILES string of the molecule is C#CCCCl.ClCCl. The zero-order valence-corrected chi connectivity index (χ0v) is 6.60. The summed E-state index contributed by atoms with van der Waals surface area (Å²) in [6, 6.07) is 0. The van der Waals surface area contributed by atoms with Crippen molar-refractivity contribution in [2.24, 2.45) is 0 Å². The Morgan fingerprint density at radius 2 is 1.62 bits per heavy atom. The average Bonchev–Trinajstić information content (AvgIpc) is 1.71. The molecule has 0 bridgehead atoms. The summed E-state index contributed by atoms with van der Waals surface area (Å²) in [6.07, 6.45) is 5.49. The second-order valence-electron chi connectivity index (χ2n) is 0.744. The van der Waals surface area contributed by atoms with Crippen molar-refractivity contribution >= 4 is 34.8 Å². The molecule has 0 aliphatic rings. The summed E-state index contributed by atoms with van der Waals surface area (Å²) < 4.78 is 0. The largest absolute Gasteiger partial charge is 0.126 e. The highest BCUT2D eigenvalue weighted by Gasteiger charge is 1.64. The molecule has 0 unspecified atom stereocenters. The molecule has 0 aliphatic heterocycles. The summed E-state index contributed by atoms with van der Waals surface area (Å²) in [4.78, 5) is 0. The van der Waals surface area contributed by atoms with Crippen molar-refractivity contribution in [3.05, 3.63) is 0 Å². The molecule has 0 amide bonds. The van der Waals surface area contributed by atoms with Gasteiger partial charge in [0.2, 0.25) is 0 Å². The van der Waals surface area contributed by atoms with Crippen molar-refractivity contribution in [3.63, 3.8) is 0 Å². The normalized spacial score (nSPS) is 6.25. The molecule has 0 spiro atoms. The van der Waals surface area contributed by atoms with Gasteiger partial charge >= 0.3 is 0 Å². The molecule has 0 saturated heterocycles. The fourth-order valence-electron chi connectivity index (χ4n) is 0.0546. The van der Waals surface area contributed by atoms with Gasteiger partial charge < -0.3 is 0 Å². The maximum atomic E-state index is 5.16. The van der Waals surface area contributed by atoms with Crippen molar-refractivity contribution in [1.29, 1.82) is 0 Å². The second kappa shape index (κ2) is 15.7. The van der Waals surface area contributed by atoms with Crippen molar-refractivity contribution < 1.29 is 0 Å². The number of halogens is 3. The van der Waals surface area contributed by atoms with E-state index in [-0.39, 0.29) is 5.34 Å². The lowest BCUT2D eigenvalue weighted by Crippen LogP contribution is -1.60. The highest BCUT2D eigenvalue weighted by Crippen LogP contribution is 1.76. The maximum absolute atomic E-state index is 5.16. The average molecular weight is 173 g/mol. The van der Waals surface area contributed by atoms with Gasteiger partial charge in [0.15, 0.2) is 0 Å². The number of alkyl halides is 3.